The predicted molar refractivity (Wildman–Crippen MR) is 27.9 cm³/mol. The second kappa shape index (κ2) is 8.40. The van der Waals surface area contributed by atoms with Gasteiger partial charge in [0.25, 0.3) is 0 Å². The number of aliphatic hydroxyl groups is 1. The van der Waals surface area contributed by atoms with Crippen molar-refractivity contribution in [2.75, 3.05) is 0 Å². The van der Waals surface area contributed by atoms with Crippen molar-refractivity contribution in [2.24, 2.45) is 0 Å². The number of carbonyl (C=O) groups is 1. The molecule has 2 N–H and O–H groups in total. The molecule has 0 saturated heterocycles. The summed E-state index contributed by atoms with van der Waals surface area (Å²) in [6, 6.07) is 0. The van der Waals surface area contributed by atoms with Crippen molar-refractivity contribution < 1.29 is 36.7 Å². The fraction of sp³-hybridized carbons (Fsp3) is 0.667. The molecule has 1 atom stereocenters. The summed E-state index contributed by atoms with van der Waals surface area (Å²) in [5, 5.41) is 15.8. The Hall–Kier alpha value is 1.40. The third-order valence-corrected chi connectivity index (χ3v) is 0.357. The molecule has 0 bridgehead atoms. The number of aliphatic hydroxyl groups excluding tert-OH is 1. The molecular formula is C3H8CaO3Ti. The van der Waals surface area contributed by atoms with Crippen LogP contribution in [0.15, 0.2) is 0 Å². The number of carboxylic acid groups (broad SMARTS) is 1. The van der Waals surface area contributed by atoms with Gasteiger partial charge in [0.1, 0.15) is 6.10 Å². The first-order chi connectivity index (χ1) is 2.64. The molecule has 0 aromatic rings. The van der Waals surface area contributed by atoms with E-state index in [0.717, 1.165) is 0 Å². The molecule has 0 aliphatic carbocycles. The van der Waals surface area contributed by atoms with Crippen molar-refractivity contribution in [3.8, 4) is 0 Å². The third kappa shape index (κ3) is 10.4. The van der Waals surface area contributed by atoms with Gasteiger partial charge in [-0.05, 0) is 6.92 Å². The van der Waals surface area contributed by atoms with E-state index in [1.807, 2.05) is 0 Å². The van der Waals surface area contributed by atoms with Crippen LogP contribution in [0.25, 0.3) is 0 Å². The van der Waals surface area contributed by atoms with Crippen molar-refractivity contribution in [1.82, 2.24) is 0 Å². The Bertz CT molecular complexity index is 65.5. The van der Waals surface area contributed by atoms with Gasteiger partial charge in [-0.15, -0.1) is 0 Å². The second-order valence-corrected chi connectivity index (χ2v) is 1.01. The molecule has 0 heterocycles. The minimum absolute atomic E-state index is 0. The molecule has 3 nitrogen and oxygen atoms in total. The maximum Gasteiger partial charge on any atom is 0 e. The standard InChI is InChI=1S/C3H6O3.Ca.Ti.2H/c1-2(4)3(5)6;;;;/h2,4H,1H3,(H,5,6);;;;. The SMILES string of the molecule is CC(O)C(=O)O.[CaH2].[Ti]. The van der Waals surface area contributed by atoms with Crippen LogP contribution in [0.5, 0.6) is 0 Å². The Morgan fingerprint density at radius 1 is 1.62 bits per heavy atom. The van der Waals surface area contributed by atoms with Crippen LogP contribution in [0.4, 0.5) is 0 Å². The van der Waals surface area contributed by atoms with Crippen molar-refractivity contribution in [3.05, 3.63) is 0 Å². The molecule has 0 rings (SSSR count). The van der Waals surface area contributed by atoms with Crippen LogP contribution in [0.2, 0.25) is 0 Å². The van der Waals surface area contributed by atoms with Crippen LogP contribution in [-0.2, 0) is 26.5 Å². The van der Waals surface area contributed by atoms with Gasteiger partial charge in [0.15, 0.2) is 0 Å². The van der Waals surface area contributed by atoms with E-state index in [1.165, 1.54) is 6.92 Å². The quantitative estimate of drug-likeness (QED) is 0.484. The zero-order valence-corrected chi connectivity index (χ0v) is 5.44. The van der Waals surface area contributed by atoms with Crippen molar-refractivity contribution in [1.29, 1.82) is 0 Å². The van der Waals surface area contributed by atoms with Crippen molar-refractivity contribution in [3.63, 3.8) is 0 Å². The Morgan fingerprint density at radius 3 is 1.75 bits per heavy atom. The first-order valence-electron chi connectivity index (χ1n) is 1.55. The Morgan fingerprint density at radius 2 is 1.75 bits per heavy atom. The summed E-state index contributed by atoms with van der Waals surface area (Å²) < 4.78 is 0. The maximum absolute atomic E-state index is 9.45. The Balaban J connectivity index is -0.000000125. The smallest absolute Gasteiger partial charge is 0 e. The normalized spacial score (nSPS) is 10.2. The van der Waals surface area contributed by atoms with Crippen LogP contribution in [0.1, 0.15) is 6.92 Å². The van der Waals surface area contributed by atoms with Crippen LogP contribution in [-0.4, -0.2) is 60.0 Å². The summed E-state index contributed by atoms with van der Waals surface area (Å²) >= 11 is 0. The first-order valence-corrected chi connectivity index (χ1v) is 1.55. The molecule has 0 fully saturated rings. The second-order valence-electron chi connectivity index (χ2n) is 1.01. The molecule has 0 saturated carbocycles. The number of rotatable bonds is 1. The van der Waals surface area contributed by atoms with Crippen LogP contribution in [0.3, 0.4) is 0 Å². The number of hydrogen-bond acceptors (Lipinski definition) is 2. The van der Waals surface area contributed by atoms with E-state index in [2.05, 4.69) is 0 Å². The summed E-state index contributed by atoms with van der Waals surface area (Å²) in [4.78, 5) is 9.45. The van der Waals surface area contributed by atoms with Gasteiger partial charge in [0, 0.05) is 21.7 Å². The molecule has 0 aliphatic rings. The largest absolute Gasteiger partial charge is 0 e. The number of aliphatic carboxylic acids is 1. The minimum Gasteiger partial charge on any atom is 0 e. The van der Waals surface area contributed by atoms with Gasteiger partial charge < -0.3 is 10.2 Å². The monoisotopic (exact) mass is 180 g/mol. The van der Waals surface area contributed by atoms with Gasteiger partial charge in [-0.2, -0.15) is 0 Å². The average Bonchev–Trinajstić information content (AvgIpc) is 1.36. The van der Waals surface area contributed by atoms with E-state index in [4.69, 9.17) is 10.2 Å². The maximum atomic E-state index is 9.45. The summed E-state index contributed by atoms with van der Waals surface area (Å²) in [6.07, 6.45) is -1.23. The molecule has 0 aromatic carbocycles. The zero-order valence-electron chi connectivity index (χ0n) is 3.88. The van der Waals surface area contributed by atoms with E-state index in [0.29, 0.717) is 0 Å². The zero-order chi connectivity index (χ0) is 5.15. The van der Waals surface area contributed by atoms with Gasteiger partial charge in [0.05, 0.1) is 0 Å². The fourth-order valence-corrected chi connectivity index (χ4v) is 0. The van der Waals surface area contributed by atoms with Crippen LogP contribution in [0, 0.1) is 0 Å². The van der Waals surface area contributed by atoms with E-state index < -0.39 is 12.1 Å². The van der Waals surface area contributed by atoms with Crippen LogP contribution >= 0.6 is 0 Å². The molecule has 0 spiro atoms. The molecule has 1 unspecified atom stereocenters. The molecule has 5 heteroatoms. The van der Waals surface area contributed by atoms with Crippen LogP contribution < -0.4 is 0 Å². The van der Waals surface area contributed by atoms with Crippen molar-refractivity contribution >= 4 is 43.7 Å². The topological polar surface area (TPSA) is 57.5 Å². The molecule has 0 amide bonds. The summed E-state index contributed by atoms with van der Waals surface area (Å²) in [5.74, 6) is -1.19. The van der Waals surface area contributed by atoms with Crippen molar-refractivity contribution in [2.45, 2.75) is 13.0 Å². The Labute approximate surface area is 92.3 Å². The van der Waals surface area contributed by atoms with Gasteiger partial charge in [-0.3, -0.25) is 0 Å². The van der Waals surface area contributed by atoms with Gasteiger partial charge in [-0.25, -0.2) is 4.79 Å². The number of hydrogen-bond donors (Lipinski definition) is 2. The molecular weight excluding hydrogens is 172 g/mol. The number of carboxylic acids is 1. The van der Waals surface area contributed by atoms with Gasteiger partial charge in [0.2, 0.25) is 0 Å². The molecule has 44 valence electrons. The van der Waals surface area contributed by atoms with E-state index in [1.54, 1.807) is 0 Å². The average molecular weight is 180 g/mol. The summed E-state index contributed by atoms with van der Waals surface area (Å²) in [6.45, 7) is 1.20. The fourth-order valence-electron chi connectivity index (χ4n) is 0. The Kier molecular flexibility index (Phi) is 17.0. The van der Waals surface area contributed by atoms with E-state index in [9.17, 15) is 4.79 Å². The minimum atomic E-state index is -1.23. The summed E-state index contributed by atoms with van der Waals surface area (Å²) in [7, 11) is 0. The molecule has 0 aliphatic heterocycles. The van der Waals surface area contributed by atoms with Gasteiger partial charge in [-0.1, -0.05) is 0 Å². The van der Waals surface area contributed by atoms with Gasteiger partial charge >= 0.3 is 43.7 Å². The first kappa shape index (κ1) is 16.2. The molecule has 0 aromatic heterocycles. The molecule has 0 radical (unpaired) electrons. The molecule has 8 heavy (non-hydrogen) atoms. The van der Waals surface area contributed by atoms with E-state index in [-0.39, 0.29) is 59.5 Å². The summed E-state index contributed by atoms with van der Waals surface area (Å²) in [5.41, 5.74) is 0. The predicted octanol–water partition coefficient (Wildman–Crippen LogP) is -1.47. The third-order valence-electron chi connectivity index (χ3n) is 0.357. The van der Waals surface area contributed by atoms with E-state index >= 15 is 0 Å².